The number of guanidine groups is 1. The lowest BCUT2D eigenvalue weighted by Crippen LogP contribution is -2.58. The molecule has 0 aromatic heterocycles. The quantitative estimate of drug-likeness (QED) is 0.855. The third-order valence-electron chi connectivity index (χ3n) is 4.22. The summed E-state index contributed by atoms with van der Waals surface area (Å²) < 4.78 is 6.15. The van der Waals surface area contributed by atoms with Crippen LogP contribution in [0.1, 0.15) is 39.7 Å². The van der Waals surface area contributed by atoms with Gasteiger partial charge in [0.15, 0.2) is 5.96 Å². The molecule has 1 aromatic carbocycles. The van der Waals surface area contributed by atoms with Crippen LogP contribution in [0.5, 0.6) is 5.75 Å². The molecule has 1 spiro atoms. The van der Waals surface area contributed by atoms with Crippen LogP contribution in [0, 0.1) is 0 Å². The summed E-state index contributed by atoms with van der Waals surface area (Å²) in [5.41, 5.74) is 6.98. The Morgan fingerprint density at radius 2 is 2.00 bits per heavy atom. The molecule has 0 radical (unpaired) electrons. The van der Waals surface area contributed by atoms with Gasteiger partial charge in [0.1, 0.15) is 11.4 Å². The van der Waals surface area contributed by atoms with E-state index in [0.29, 0.717) is 18.5 Å². The first-order valence-corrected chi connectivity index (χ1v) is 7.23. The highest BCUT2D eigenvalue weighted by molar-refractivity contribution is 5.82. The van der Waals surface area contributed by atoms with Gasteiger partial charge in [0.25, 0.3) is 0 Å². The lowest BCUT2D eigenvalue weighted by Gasteiger charge is -2.50. The highest BCUT2D eigenvalue weighted by Crippen LogP contribution is 2.49. The smallest absolute Gasteiger partial charge is 0.192 e. The van der Waals surface area contributed by atoms with Crippen molar-refractivity contribution in [2.75, 3.05) is 6.54 Å². The second-order valence-corrected chi connectivity index (χ2v) is 6.70. The zero-order valence-electron chi connectivity index (χ0n) is 12.7. The number of para-hydroxylation sites is 1. The average molecular weight is 273 g/mol. The fourth-order valence-corrected chi connectivity index (χ4v) is 3.77. The summed E-state index contributed by atoms with van der Waals surface area (Å²) in [6.45, 7) is 9.32. The van der Waals surface area contributed by atoms with E-state index in [1.165, 1.54) is 5.56 Å². The molecule has 2 aliphatic rings. The molecule has 4 heteroatoms. The minimum absolute atomic E-state index is 0.170. The molecule has 0 amide bonds. The second-order valence-electron chi connectivity index (χ2n) is 6.70. The summed E-state index contributed by atoms with van der Waals surface area (Å²) in [6, 6.07) is 8.59. The van der Waals surface area contributed by atoms with Gasteiger partial charge in [0.2, 0.25) is 0 Å². The van der Waals surface area contributed by atoms with Crippen LogP contribution in [0.15, 0.2) is 29.3 Å². The number of hydrogen-bond donors (Lipinski definition) is 1. The molecule has 0 saturated heterocycles. The van der Waals surface area contributed by atoms with Gasteiger partial charge in [0.05, 0.1) is 12.1 Å². The van der Waals surface area contributed by atoms with E-state index in [-0.39, 0.29) is 11.1 Å². The fraction of sp³-hybridized carbons (Fsp3) is 0.562. The molecule has 20 heavy (non-hydrogen) atoms. The van der Waals surface area contributed by atoms with Crippen LogP contribution in [0.4, 0.5) is 0 Å². The summed E-state index contributed by atoms with van der Waals surface area (Å²) >= 11 is 0. The first kappa shape index (κ1) is 13.3. The molecule has 0 fully saturated rings. The summed E-state index contributed by atoms with van der Waals surface area (Å²) in [5.74, 6) is 1.60. The van der Waals surface area contributed by atoms with Gasteiger partial charge in [-0.2, -0.15) is 0 Å². The summed E-state index contributed by atoms with van der Waals surface area (Å²) in [5, 5.41) is 0. The standard InChI is InChI=1S/C16H23N3O/c1-11(2)19-14(17)18-10-16(19)9-15(3,4)20-13-8-6-5-7-12(13)16/h5-8,11H,9-10H2,1-4H3,(H2,17,18). The third-order valence-corrected chi connectivity index (χ3v) is 4.22. The van der Waals surface area contributed by atoms with E-state index in [1.54, 1.807) is 0 Å². The van der Waals surface area contributed by atoms with E-state index < -0.39 is 0 Å². The van der Waals surface area contributed by atoms with Gasteiger partial charge in [0, 0.05) is 18.0 Å². The normalized spacial score (nSPS) is 27.4. The van der Waals surface area contributed by atoms with E-state index in [1.807, 2.05) is 12.1 Å². The largest absolute Gasteiger partial charge is 0.487 e. The lowest BCUT2D eigenvalue weighted by molar-refractivity contribution is 0.000330. The van der Waals surface area contributed by atoms with E-state index in [0.717, 1.165) is 12.2 Å². The van der Waals surface area contributed by atoms with Crippen molar-refractivity contribution in [3.63, 3.8) is 0 Å². The molecule has 1 atom stereocenters. The van der Waals surface area contributed by atoms with Crippen LogP contribution in [0.25, 0.3) is 0 Å². The van der Waals surface area contributed by atoms with Crippen molar-refractivity contribution < 1.29 is 4.74 Å². The van der Waals surface area contributed by atoms with Crippen molar-refractivity contribution in [3.8, 4) is 5.75 Å². The van der Waals surface area contributed by atoms with Crippen LogP contribution in [0.2, 0.25) is 0 Å². The first-order chi connectivity index (χ1) is 9.36. The Kier molecular flexibility index (Phi) is 2.75. The number of nitrogens with two attached hydrogens (primary N) is 1. The van der Waals surface area contributed by atoms with Crippen LogP contribution in [-0.2, 0) is 5.54 Å². The molecule has 2 heterocycles. The van der Waals surface area contributed by atoms with Gasteiger partial charge in [-0.3, -0.25) is 4.99 Å². The first-order valence-electron chi connectivity index (χ1n) is 7.23. The van der Waals surface area contributed by atoms with E-state index in [2.05, 4.69) is 49.7 Å². The molecule has 4 nitrogen and oxygen atoms in total. The molecule has 108 valence electrons. The Hall–Kier alpha value is -1.71. The summed E-state index contributed by atoms with van der Waals surface area (Å²) in [7, 11) is 0. The fourth-order valence-electron chi connectivity index (χ4n) is 3.77. The maximum atomic E-state index is 6.17. The van der Waals surface area contributed by atoms with Gasteiger partial charge in [-0.15, -0.1) is 0 Å². The van der Waals surface area contributed by atoms with Crippen LogP contribution in [0.3, 0.4) is 0 Å². The molecular weight excluding hydrogens is 250 g/mol. The van der Waals surface area contributed by atoms with E-state index >= 15 is 0 Å². The van der Waals surface area contributed by atoms with Crippen LogP contribution >= 0.6 is 0 Å². The van der Waals surface area contributed by atoms with Crippen LogP contribution < -0.4 is 10.5 Å². The molecule has 3 rings (SSSR count). The van der Waals surface area contributed by atoms with Gasteiger partial charge >= 0.3 is 0 Å². The Labute approximate surface area is 120 Å². The van der Waals surface area contributed by atoms with Crippen LogP contribution in [-0.4, -0.2) is 29.0 Å². The van der Waals surface area contributed by atoms with Gasteiger partial charge in [-0.1, -0.05) is 18.2 Å². The third kappa shape index (κ3) is 1.78. The zero-order valence-corrected chi connectivity index (χ0v) is 12.7. The number of hydrogen-bond acceptors (Lipinski definition) is 4. The number of ether oxygens (including phenoxy) is 1. The maximum Gasteiger partial charge on any atom is 0.192 e. The molecule has 0 saturated carbocycles. The van der Waals surface area contributed by atoms with Crippen molar-refractivity contribution >= 4 is 5.96 Å². The average Bonchev–Trinajstić information content (AvgIpc) is 2.65. The van der Waals surface area contributed by atoms with Crippen molar-refractivity contribution in [2.45, 2.75) is 51.3 Å². The maximum absolute atomic E-state index is 6.17. The number of rotatable bonds is 1. The minimum Gasteiger partial charge on any atom is -0.487 e. The summed E-state index contributed by atoms with van der Waals surface area (Å²) in [6.07, 6.45) is 0.888. The van der Waals surface area contributed by atoms with E-state index in [4.69, 9.17) is 10.5 Å². The predicted molar refractivity (Wildman–Crippen MR) is 80.9 cm³/mol. The van der Waals surface area contributed by atoms with Crippen molar-refractivity contribution in [3.05, 3.63) is 29.8 Å². The van der Waals surface area contributed by atoms with Gasteiger partial charge in [-0.25, -0.2) is 0 Å². The molecule has 2 N–H and O–H groups in total. The van der Waals surface area contributed by atoms with Crippen molar-refractivity contribution in [2.24, 2.45) is 10.7 Å². The Morgan fingerprint density at radius 3 is 2.70 bits per heavy atom. The van der Waals surface area contributed by atoms with Crippen molar-refractivity contribution in [1.82, 2.24) is 4.90 Å². The van der Waals surface area contributed by atoms with Gasteiger partial charge < -0.3 is 15.4 Å². The Bertz CT molecular complexity index is 565. The lowest BCUT2D eigenvalue weighted by atomic mass is 9.76. The molecule has 0 aliphatic carbocycles. The molecule has 0 bridgehead atoms. The minimum atomic E-state index is -0.221. The highest BCUT2D eigenvalue weighted by Gasteiger charge is 2.52. The summed E-state index contributed by atoms with van der Waals surface area (Å²) in [4.78, 5) is 6.81. The molecule has 2 aliphatic heterocycles. The second kappa shape index (κ2) is 4.14. The Morgan fingerprint density at radius 1 is 1.30 bits per heavy atom. The highest BCUT2D eigenvalue weighted by atomic mass is 16.5. The van der Waals surface area contributed by atoms with Gasteiger partial charge in [-0.05, 0) is 33.8 Å². The number of aliphatic imine (C=N–C) groups is 1. The monoisotopic (exact) mass is 273 g/mol. The molecule has 1 unspecified atom stereocenters. The Balaban J connectivity index is 2.18. The number of nitrogens with zero attached hydrogens (tertiary/aromatic N) is 2. The number of fused-ring (bicyclic) bond motifs is 2. The number of benzene rings is 1. The van der Waals surface area contributed by atoms with Crippen molar-refractivity contribution in [1.29, 1.82) is 0 Å². The zero-order chi connectivity index (χ0) is 14.5. The SMILES string of the molecule is CC(C)N1C(N)=NCC12CC(C)(C)Oc1ccccc12. The molecular formula is C16H23N3O. The predicted octanol–water partition coefficient (Wildman–Crippen LogP) is 2.48. The topological polar surface area (TPSA) is 50.8 Å². The molecule has 1 aromatic rings. The van der Waals surface area contributed by atoms with E-state index in [9.17, 15) is 0 Å².